The lowest BCUT2D eigenvalue weighted by Crippen LogP contribution is -2.22. The first-order valence-corrected chi connectivity index (χ1v) is 10.6. The summed E-state index contributed by atoms with van der Waals surface area (Å²) >= 11 is 5.85. The number of nitrogens with zero attached hydrogens (tertiary/aromatic N) is 2. The first-order chi connectivity index (χ1) is 13.5. The molecule has 0 saturated carbocycles. The van der Waals surface area contributed by atoms with Crippen LogP contribution in [-0.2, 0) is 27.1 Å². The van der Waals surface area contributed by atoms with Gasteiger partial charge >= 0.3 is 0 Å². The van der Waals surface area contributed by atoms with Gasteiger partial charge in [0, 0.05) is 21.4 Å². The molecule has 1 N–H and O–H groups in total. The van der Waals surface area contributed by atoms with Gasteiger partial charge in [-0.1, -0.05) is 29.3 Å². The normalized spacial score (nSPS) is 15.3. The van der Waals surface area contributed by atoms with Crippen LogP contribution in [0.2, 0.25) is 5.02 Å². The largest absolute Gasteiger partial charge is 0.484 e. The van der Waals surface area contributed by atoms with E-state index >= 15 is 0 Å². The highest BCUT2D eigenvalue weighted by molar-refractivity contribution is 7.83. The number of carbonyl (C=O) groups excluding carboxylic acids is 1. The van der Waals surface area contributed by atoms with Crippen LogP contribution in [-0.4, -0.2) is 26.5 Å². The topological polar surface area (TPSA) is 73.2 Å². The van der Waals surface area contributed by atoms with Crippen molar-refractivity contribution in [3.05, 3.63) is 70.4 Å². The first-order valence-electron chi connectivity index (χ1n) is 8.70. The maximum Gasteiger partial charge on any atom is 0.263 e. The second kappa shape index (κ2) is 7.77. The summed E-state index contributed by atoms with van der Waals surface area (Å²) < 4.78 is 19.2. The molecule has 144 valence electrons. The van der Waals surface area contributed by atoms with Crippen LogP contribution in [0.1, 0.15) is 16.8 Å². The lowest BCUT2D eigenvalue weighted by atomic mass is 10.2. The second-order valence-corrected chi connectivity index (χ2v) is 8.43. The zero-order valence-electron chi connectivity index (χ0n) is 15.1. The van der Waals surface area contributed by atoms with Crippen LogP contribution < -0.4 is 10.1 Å². The number of hydrogen-bond donors (Lipinski definition) is 1. The maximum atomic E-state index is 12.5. The molecule has 0 aliphatic carbocycles. The molecule has 0 radical (unpaired) electrons. The number of carbonyl (C=O) groups is 1. The van der Waals surface area contributed by atoms with Crippen LogP contribution in [0.15, 0.2) is 48.5 Å². The summed E-state index contributed by atoms with van der Waals surface area (Å²) in [6.07, 6.45) is 0. The molecule has 0 unspecified atom stereocenters. The minimum absolute atomic E-state index is 0.154. The van der Waals surface area contributed by atoms with E-state index in [0.717, 1.165) is 22.5 Å². The van der Waals surface area contributed by atoms with Gasteiger partial charge in [0.25, 0.3) is 5.91 Å². The highest BCUT2D eigenvalue weighted by Gasteiger charge is 2.28. The molecule has 1 aliphatic rings. The number of ether oxygens (including phenoxy) is 1. The number of halogens is 1. The number of nitrogens with one attached hydrogen (secondary N) is 1. The quantitative estimate of drug-likeness (QED) is 0.690. The third-order valence-electron chi connectivity index (χ3n) is 4.39. The van der Waals surface area contributed by atoms with Crippen LogP contribution in [0.25, 0.3) is 5.69 Å². The molecule has 0 fully saturated rings. The Bertz CT molecular complexity index is 1050. The van der Waals surface area contributed by atoms with E-state index in [9.17, 15) is 9.00 Å². The molecule has 0 spiro atoms. The van der Waals surface area contributed by atoms with Crippen molar-refractivity contribution in [2.75, 3.05) is 11.9 Å². The summed E-state index contributed by atoms with van der Waals surface area (Å²) in [6, 6.07) is 14.6. The van der Waals surface area contributed by atoms with E-state index in [-0.39, 0.29) is 12.5 Å². The van der Waals surface area contributed by atoms with E-state index in [2.05, 4.69) is 10.4 Å². The highest BCUT2D eigenvalue weighted by Crippen LogP contribution is 2.31. The van der Waals surface area contributed by atoms with Gasteiger partial charge in [0.2, 0.25) is 0 Å². The molecular weight excluding hydrogens is 398 g/mol. The van der Waals surface area contributed by atoms with E-state index in [1.807, 2.05) is 31.2 Å². The predicted molar refractivity (Wildman–Crippen MR) is 109 cm³/mol. The number of rotatable bonds is 5. The fourth-order valence-corrected chi connectivity index (χ4v) is 4.37. The maximum absolute atomic E-state index is 12.5. The highest BCUT2D eigenvalue weighted by atomic mass is 35.5. The van der Waals surface area contributed by atoms with Crippen molar-refractivity contribution in [3.63, 3.8) is 0 Å². The van der Waals surface area contributed by atoms with Crippen molar-refractivity contribution in [1.82, 2.24) is 9.78 Å². The monoisotopic (exact) mass is 415 g/mol. The molecule has 1 atom stereocenters. The average molecular weight is 416 g/mol. The zero-order chi connectivity index (χ0) is 19.7. The van der Waals surface area contributed by atoms with Gasteiger partial charge in [-0.3, -0.25) is 9.00 Å². The molecule has 1 amide bonds. The molecule has 4 rings (SSSR count). The number of amides is 1. The zero-order valence-corrected chi connectivity index (χ0v) is 16.7. The van der Waals surface area contributed by atoms with Crippen LogP contribution >= 0.6 is 11.6 Å². The molecule has 1 aliphatic heterocycles. The van der Waals surface area contributed by atoms with Crippen LogP contribution in [0, 0.1) is 6.92 Å². The van der Waals surface area contributed by atoms with Gasteiger partial charge in [0.15, 0.2) is 6.61 Å². The van der Waals surface area contributed by atoms with E-state index in [4.69, 9.17) is 16.3 Å². The molecule has 3 aromatic rings. The van der Waals surface area contributed by atoms with Crippen LogP contribution in [0.3, 0.4) is 0 Å². The van der Waals surface area contributed by atoms with E-state index in [1.165, 1.54) is 0 Å². The molecule has 8 heteroatoms. The molecule has 28 heavy (non-hydrogen) atoms. The number of aromatic nitrogens is 2. The fraction of sp³-hybridized carbons (Fsp3) is 0.200. The Morgan fingerprint density at radius 2 is 1.89 bits per heavy atom. The van der Waals surface area contributed by atoms with Crippen molar-refractivity contribution in [2.24, 2.45) is 0 Å². The predicted octanol–water partition coefficient (Wildman–Crippen LogP) is 3.61. The van der Waals surface area contributed by atoms with Crippen molar-refractivity contribution in [2.45, 2.75) is 18.4 Å². The van der Waals surface area contributed by atoms with E-state index < -0.39 is 10.8 Å². The number of fused-ring (bicyclic) bond motifs is 1. The van der Waals surface area contributed by atoms with Crippen molar-refractivity contribution in [1.29, 1.82) is 0 Å². The summed E-state index contributed by atoms with van der Waals surface area (Å²) in [5, 5.41) is 8.06. The van der Waals surface area contributed by atoms with E-state index in [0.29, 0.717) is 28.1 Å². The summed E-state index contributed by atoms with van der Waals surface area (Å²) in [7, 11) is -0.988. The third kappa shape index (κ3) is 3.95. The Kier molecular flexibility index (Phi) is 5.19. The van der Waals surface area contributed by atoms with Gasteiger partial charge in [0.05, 0.1) is 22.9 Å². The number of anilines is 1. The molecule has 2 heterocycles. The minimum atomic E-state index is -0.988. The average Bonchev–Trinajstić information content (AvgIpc) is 3.19. The van der Waals surface area contributed by atoms with Gasteiger partial charge in [-0.05, 0) is 43.3 Å². The smallest absolute Gasteiger partial charge is 0.263 e. The molecule has 1 aromatic heterocycles. The summed E-state index contributed by atoms with van der Waals surface area (Å²) in [5.74, 6) is 1.57. The summed E-state index contributed by atoms with van der Waals surface area (Å²) in [5.41, 5.74) is 3.54. The fourth-order valence-electron chi connectivity index (χ4n) is 2.98. The Morgan fingerprint density at radius 1 is 1.18 bits per heavy atom. The summed E-state index contributed by atoms with van der Waals surface area (Å²) in [4.78, 5) is 12.5. The molecule has 6 nitrogen and oxygen atoms in total. The third-order valence-corrected chi connectivity index (χ3v) is 5.85. The Morgan fingerprint density at radius 3 is 2.61 bits per heavy atom. The van der Waals surface area contributed by atoms with Gasteiger partial charge < -0.3 is 10.1 Å². The molecule has 0 bridgehead atoms. The van der Waals surface area contributed by atoms with Gasteiger partial charge in [0.1, 0.15) is 11.6 Å². The van der Waals surface area contributed by atoms with Crippen LogP contribution in [0.5, 0.6) is 5.75 Å². The first kappa shape index (κ1) is 18.7. The van der Waals surface area contributed by atoms with Crippen LogP contribution in [0.4, 0.5) is 5.82 Å². The lowest BCUT2D eigenvalue weighted by molar-refractivity contribution is -0.118. The van der Waals surface area contributed by atoms with E-state index in [1.54, 1.807) is 28.9 Å². The SMILES string of the molecule is Cc1ccc(-n2nc3c(c2NC(=O)COc2ccc(Cl)cc2)C[S@@](=O)C3)cc1. The standard InChI is InChI=1S/C20H18ClN3O3S/c1-13-2-6-15(7-3-13)24-20(17-11-28(26)12-18(17)23-24)22-19(25)10-27-16-8-4-14(21)5-9-16/h2-9H,10-12H2,1H3,(H,22,25)/t28-/m1/s1. The Hall–Kier alpha value is -2.64. The van der Waals surface area contributed by atoms with Crippen molar-refractivity contribution >= 4 is 34.1 Å². The summed E-state index contributed by atoms with van der Waals surface area (Å²) in [6.45, 7) is 1.85. The number of benzene rings is 2. The van der Waals surface area contributed by atoms with Crippen molar-refractivity contribution < 1.29 is 13.7 Å². The number of hydrogen-bond acceptors (Lipinski definition) is 4. The number of aryl methyl sites for hydroxylation is 1. The Balaban J connectivity index is 1.55. The lowest BCUT2D eigenvalue weighted by Gasteiger charge is -2.12. The molecule has 2 aromatic carbocycles. The van der Waals surface area contributed by atoms with Gasteiger partial charge in [-0.15, -0.1) is 0 Å². The molecule has 0 saturated heterocycles. The second-order valence-electron chi connectivity index (χ2n) is 6.54. The van der Waals surface area contributed by atoms with Gasteiger partial charge in [-0.25, -0.2) is 4.68 Å². The Labute approximate surface area is 169 Å². The molecular formula is C20H18ClN3O3S. The van der Waals surface area contributed by atoms with Crippen molar-refractivity contribution in [3.8, 4) is 11.4 Å². The minimum Gasteiger partial charge on any atom is -0.484 e. The van der Waals surface area contributed by atoms with Gasteiger partial charge in [-0.2, -0.15) is 5.10 Å².